The number of halogens is 2. The summed E-state index contributed by atoms with van der Waals surface area (Å²) >= 11 is 0. The Labute approximate surface area is 166 Å². The maximum Gasteiger partial charge on any atom is 0.316 e. The lowest BCUT2D eigenvalue weighted by atomic mass is 10.1. The van der Waals surface area contributed by atoms with Crippen molar-refractivity contribution >= 4 is 11.6 Å². The number of anilines is 2. The van der Waals surface area contributed by atoms with Gasteiger partial charge in [0.15, 0.2) is 11.6 Å². The molecule has 1 N–H and O–H groups in total. The van der Waals surface area contributed by atoms with E-state index in [2.05, 4.69) is 10.3 Å². The van der Waals surface area contributed by atoms with Crippen LogP contribution in [0.25, 0.3) is 0 Å². The van der Waals surface area contributed by atoms with Gasteiger partial charge in [-0.25, -0.2) is 8.78 Å². The third-order valence-corrected chi connectivity index (χ3v) is 4.46. The third kappa shape index (κ3) is 4.53. The summed E-state index contributed by atoms with van der Waals surface area (Å²) in [6.45, 7) is 2.15. The molecule has 0 saturated carbocycles. The first-order valence-corrected chi connectivity index (χ1v) is 8.98. The molecule has 0 aliphatic heterocycles. The summed E-state index contributed by atoms with van der Waals surface area (Å²) in [6, 6.07) is 9.15. The van der Waals surface area contributed by atoms with Gasteiger partial charge in [-0.2, -0.15) is 4.98 Å². The highest BCUT2D eigenvalue weighted by Gasteiger charge is 2.13. The SMILES string of the molecule is CCc1cc(OC)ccc1Nc1nc(=O)c(OC)cn1Cc1ccc(F)c(F)c1. The highest BCUT2D eigenvalue weighted by molar-refractivity contribution is 5.61. The van der Waals surface area contributed by atoms with E-state index in [1.165, 1.54) is 19.4 Å². The van der Waals surface area contributed by atoms with Crippen LogP contribution in [-0.2, 0) is 13.0 Å². The Kier molecular flexibility index (Phi) is 6.11. The van der Waals surface area contributed by atoms with Crippen molar-refractivity contribution < 1.29 is 18.3 Å². The second-order valence-corrected chi connectivity index (χ2v) is 6.32. The maximum atomic E-state index is 13.6. The largest absolute Gasteiger partial charge is 0.497 e. The topological polar surface area (TPSA) is 65.4 Å². The van der Waals surface area contributed by atoms with Crippen molar-refractivity contribution in [1.29, 1.82) is 0 Å². The normalized spacial score (nSPS) is 10.7. The van der Waals surface area contributed by atoms with Crippen molar-refractivity contribution in [3.8, 4) is 11.5 Å². The van der Waals surface area contributed by atoms with Gasteiger partial charge in [-0.1, -0.05) is 13.0 Å². The van der Waals surface area contributed by atoms with Gasteiger partial charge in [-0.3, -0.25) is 4.79 Å². The second-order valence-electron chi connectivity index (χ2n) is 6.32. The molecular formula is C21H21F2N3O3. The summed E-state index contributed by atoms with van der Waals surface area (Å²) in [7, 11) is 2.96. The van der Waals surface area contributed by atoms with E-state index in [0.29, 0.717) is 11.3 Å². The van der Waals surface area contributed by atoms with E-state index in [-0.39, 0.29) is 18.2 Å². The first-order chi connectivity index (χ1) is 13.9. The smallest absolute Gasteiger partial charge is 0.316 e. The van der Waals surface area contributed by atoms with Crippen molar-refractivity contribution in [3.05, 3.63) is 75.7 Å². The van der Waals surface area contributed by atoms with Crippen LogP contribution in [0.5, 0.6) is 11.5 Å². The molecule has 0 unspecified atom stereocenters. The highest BCUT2D eigenvalue weighted by atomic mass is 19.2. The molecule has 0 fully saturated rings. The standard InChI is InChI=1S/C21H21F2N3O3/c1-4-14-10-15(28-2)6-8-18(14)24-21-25-20(27)19(29-3)12-26(21)11-13-5-7-16(22)17(23)9-13/h5-10,12H,4,11H2,1-3H3,(H,24,25,27). The second kappa shape index (κ2) is 8.72. The van der Waals surface area contributed by atoms with E-state index < -0.39 is 17.2 Å². The number of aryl methyl sites for hydroxylation is 1. The van der Waals surface area contributed by atoms with Crippen LogP contribution in [0.3, 0.4) is 0 Å². The van der Waals surface area contributed by atoms with Crippen molar-refractivity contribution in [2.24, 2.45) is 0 Å². The number of benzene rings is 2. The number of nitrogens with one attached hydrogen (secondary N) is 1. The van der Waals surface area contributed by atoms with E-state index in [1.807, 2.05) is 19.1 Å². The molecule has 29 heavy (non-hydrogen) atoms. The fourth-order valence-corrected chi connectivity index (χ4v) is 2.90. The summed E-state index contributed by atoms with van der Waals surface area (Å²) < 4.78 is 38.8. The predicted octanol–water partition coefficient (Wildman–Crippen LogP) is 3.89. The minimum Gasteiger partial charge on any atom is -0.497 e. The molecule has 152 valence electrons. The molecular weight excluding hydrogens is 380 g/mol. The molecule has 0 aliphatic rings. The number of hydrogen-bond donors (Lipinski definition) is 1. The zero-order valence-electron chi connectivity index (χ0n) is 16.3. The fraction of sp³-hybridized carbons (Fsp3) is 0.238. The Hall–Kier alpha value is -3.42. The average molecular weight is 401 g/mol. The number of rotatable bonds is 7. The summed E-state index contributed by atoms with van der Waals surface area (Å²) in [5.41, 5.74) is 1.69. The Morgan fingerprint density at radius 2 is 1.86 bits per heavy atom. The summed E-state index contributed by atoms with van der Waals surface area (Å²) in [5.74, 6) is -0.854. The Morgan fingerprint density at radius 3 is 2.52 bits per heavy atom. The number of nitrogens with zero attached hydrogens (tertiary/aromatic N) is 2. The van der Waals surface area contributed by atoms with Crippen molar-refractivity contribution in [3.63, 3.8) is 0 Å². The quantitative estimate of drug-likeness (QED) is 0.651. The molecule has 0 radical (unpaired) electrons. The predicted molar refractivity (Wildman–Crippen MR) is 106 cm³/mol. The van der Waals surface area contributed by atoms with Gasteiger partial charge >= 0.3 is 5.56 Å². The lowest BCUT2D eigenvalue weighted by Crippen LogP contribution is -2.19. The Bertz CT molecular complexity index is 1080. The molecule has 0 atom stereocenters. The summed E-state index contributed by atoms with van der Waals surface area (Å²) in [6.07, 6.45) is 2.21. The van der Waals surface area contributed by atoms with Crippen molar-refractivity contribution in [1.82, 2.24) is 9.55 Å². The van der Waals surface area contributed by atoms with Crippen molar-refractivity contribution in [2.45, 2.75) is 19.9 Å². The van der Waals surface area contributed by atoms with Crippen LogP contribution in [0.2, 0.25) is 0 Å². The van der Waals surface area contributed by atoms with E-state index in [4.69, 9.17) is 9.47 Å². The molecule has 0 bridgehead atoms. The molecule has 0 amide bonds. The van der Waals surface area contributed by atoms with E-state index >= 15 is 0 Å². The van der Waals surface area contributed by atoms with Gasteiger partial charge in [0, 0.05) is 5.69 Å². The fourth-order valence-electron chi connectivity index (χ4n) is 2.90. The first kappa shape index (κ1) is 20.3. The molecule has 0 saturated heterocycles. The van der Waals surface area contributed by atoms with Crippen LogP contribution in [-0.4, -0.2) is 23.8 Å². The van der Waals surface area contributed by atoms with Gasteiger partial charge in [-0.05, 0) is 47.9 Å². The molecule has 0 aliphatic carbocycles. The number of ether oxygens (including phenoxy) is 2. The molecule has 1 heterocycles. The molecule has 2 aromatic carbocycles. The van der Waals surface area contributed by atoms with Crippen LogP contribution in [0.4, 0.5) is 20.4 Å². The number of methoxy groups -OCH3 is 2. The summed E-state index contributed by atoms with van der Waals surface area (Å²) in [5, 5.41) is 3.15. The van der Waals surface area contributed by atoms with Gasteiger partial charge in [0.2, 0.25) is 11.7 Å². The zero-order valence-corrected chi connectivity index (χ0v) is 16.3. The Morgan fingerprint density at radius 1 is 1.07 bits per heavy atom. The minimum atomic E-state index is -0.943. The van der Waals surface area contributed by atoms with Crippen LogP contribution in [0.1, 0.15) is 18.1 Å². The van der Waals surface area contributed by atoms with Gasteiger partial charge in [0.25, 0.3) is 0 Å². The lowest BCUT2D eigenvalue weighted by molar-refractivity contribution is 0.402. The lowest BCUT2D eigenvalue weighted by Gasteiger charge is -2.17. The van der Waals surface area contributed by atoms with E-state index in [9.17, 15) is 13.6 Å². The summed E-state index contributed by atoms with van der Waals surface area (Å²) in [4.78, 5) is 16.3. The van der Waals surface area contributed by atoms with Crippen molar-refractivity contribution in [2.75, 3.05) is 19.5 Å². The highest BCUT2D eigenvalue weighted by Crippen LogP contribution is 2.25. The molecule has 3 rings (SSSR count). The molecule has 0 spiro atoms. The monoisotopic (exact) mass is 401 g/mol. The van der Waals surface area contributed by atoms with E-state index in [1.54, 1.807) is 17.7 Å². The third-order valence-electron chi connectivity index (χ3n) is 4.46. The van der Waals surface area contributed by atoms with Gasteiger partial charge in [-0.15, -0.1) is 0 Å². The molecule has 1 aromatic heterocycles. The van der Waals surface area contributed by atoms with Crippen LogP contribution in [0.15, 0.2) is 47.4 Å². The van der Waals surface area contributed by atoms with Crippen LogP contribution < -0.4 is 20.3 Å². The minimum absolute atomic E-state index is 0.0450. The van der Waals surface area contributed by atoms with Gasteiger partial charge < -0.3 is 19.4 Å². The van der Waals surface area contributed by atoms with Crippen LogP contribution >= 0.6 is 0 Å². The zero-order chi connectivity index (χ0) is 21.0. The number of aromatic nitrogens is 2. The maximum absolute atomic E-state index is 13.6. The molecule has 6 nitrogen and oxygen atoms in total. The van der Waals surface area contributed by atoms with Gasteiger partial charge in [0.1, 0.15) is 5.75 Å². The average Bonchev–Trinajstić information content (AvgIpc) is 2.72. The van der Waals surface area contributed by atoms with E-state index in [0.717, 1.165) is 29.8 Å². The molecule has 3 aromatic rings. The first-order valence-electron chi connectivity index (χ1n) is 8.98. The van der Waals surface area contributed by atoms with Gasteiger partial charge in [0.05, 0.1) is 27.0 Å². The number of hydrogen-bond acceptors (Lipinski definition) is 5. The Balaban J connectivity index is 2.02. The molecule has 8 heteroatoms. The van der Waals surface area contributed by atoms with Crippen LogP contribution in [0, 0.1) is 11.6 Å².